The Morgan fingerprint density at radius 1 is 1.00 bits per heavy atom. The molecule has 3 rings (SSSR count). The summed E-state index contributed by atoms with van der Waals surface area (Å²) in [7, 11) is 3.05. The number of imide groups is 1. The number of methoxy groups -OCH3 is 2. The van der Waals surface area contributed by atoms with E-state index in [2.05, 4.69) is 5.32 Å². The number of thioether (sulfide) groups is 1. The number of nitrogens with zero attached hydrogens (tertiary/aromatic N) is 1. The molecular formula is C24H26N2O7S. The third kappa shape index (κ3) is 6.22. The van der Waals surface area contributed by atoms with Gasteiger partial charge in [-0.05, 0) is 54.6 Å². The van der Waals surface area contributed by atoms with Crippen LogP contribution < -0.4 is 24.3 Å². The summed E-state index contributed by atoms with van der Waals surface area (Å²) in [5.74, 6) is 1.30. The Bertz CT molecular complexity index is 1090. The molecule has 180 valence electrons. The van der Waals surface area contributed by atoms with E-state index in [1.807, 2.05) is 6.92 Å². The molecule has 0 atom stereocenters. The Morgan fingerprint density at radius 3 is 2.41 bits per heavy atom. The van der Waals surface area contributed by atoms with Gasteiger partial charge in [0.25, 0.3) is 17.1 Å². The Balaban J connectivity index is 1.53. The maximum absolute atomic E-state index is 12.7. The predicted octanol–water partition coefficient (Wildman–Crippen LogP) is 3.33. The first kappa shape index (κ1) is 25.0. The highest BCUT2D eigenvalue weighted by Gasteiger charge is 2.34. The number of benzene rings is 2. The van der Waals surface area contributed by atoms with Gasteiger partial charge in [-0.3, -0.25) is 19.3 Å². The highest BCUT2D eigenvalue weighted by Crippen LogP contribution is 2.34. The molecule has 0 spiro atoms. The number of carbonyl (C=O) groups excluding carboxylic acids is 3. The van der Waals surface area contributed by atoms with Crippen LogP contribution in [0.25, 0.3) is 6.08 Å². The van der Waals surface area contributed by atoms with Crippen molar-refractivity contribution in [3.63, 3.8) is 0 Å². The molecule has 1 aliphatic heterocycles. The van der Waals surface area contributed by atoms with Crippen molar-refractivity contribution in [1.29, 1.82) is 0 Å². The van der Waals surface area contributed by atoms with E-state index in [1.165, 1.54) is 14.2 Å². The van der Waals surface area contributed by atoms with Crippen LogP contribution in [0, 0.1) is 0 Å². The van der Waals surface area contributed by atoms with E-state index < -0.39 is 11.1 Å². The Kier molecular flexibility index (Phi) is 8.80. The van der Waals surface area contributed by atoms with E-state index in [0.717, 1.165) is 16.7 Å². The molecule has 0 saturated carbocycles. The summed E-state index contributed by atoms with van der Waals surface area (Å²) in [4.78, 5) is 38.5. The van der Waals surface area contributed by atoms with Crippen molar-refractivity contribution in [2.45, 2.75) is 6.92 Å². The molecule has 2 aromatic carbocycles. The Labute approximate surface area is 202 Å². The molecule has 34 heavy (non-hydrogen) atoms. The first-order valence-electron chi connectivity index (χ1n) is 10.6. The van der Waals surface area contributed by atoms with Gasteiger partial charge in [0.05, 0.1) is 25.7 Å². The number of hydrogen-bond acceptors (Lipinski definition) is 8. The summed E-state index contributed by atoms with van der Waals surface area (Å²) in [5, 5.41) is 2.25. The monoisotopic (exact) mass is 486 g/mol. The quantitative estimate of drug-likeness (QED) is 0.483. The van der Waals surface area contributed by atoms with Crippen LogP contribution in [0.15, 0.2) is 47.4 Å². The molecular weight excluding hydrogens is 460 g/mol. The van der Waals surface area contributed by atoms with E-state index in [9.17, 15) is 14.4 Å². The molecule has 3 amide bonds. The van der Waals surface area contributed by atoms with E-state index in [0.29, 0.717) is 40.1 Å². The lowest BCUT2D eigenvalue weighted by Gasteiger charge is -2.14. The van der Waals surface area contributed by atoms with E-state index >= 15 is 0 Å². The minimum absolute atomic E-state index is 0.0506. The summed E-state index contributed by atoms with van der Waals surface area (Å²) < 4.78 is 21.5. The highest BCUT2D eigenvalue weighted by atomic mass is 32.2. The van der Waals surface area contributed by atoms with Crippen molar-refractivity contribution in [2.24, 2.45) is 0 Å². The van der Waals surface area contributed by atoms with Crippen molar-refractivity contribution in [3.05, 3.63) is 52.9 Å². The number of para-hydroxylation sites is 2. The zero-order chi connectivity index (χ0) is 24.5. The molecule has 9 nitrogen and oxygen atoms in total. The topological polar surface area (TPSA) is 103 Å². The Hall–Kier alpha value is -3.66. The summed E-state index contributed by atoms with van der Waals surface area (Å²) in [6.07, 6.45) is 1.63. The number of ether oxygens (including phenoxy) is 4. The van der Waals surface area contributed by atoms with Crippen LogP contribution in [0.1, 0.15) is 12.5 Å². The molecule has 1 fully saturated rings. The fourth-order valence-corrected chi connectivity index (χ4v) is 4.00. The summed E-state index contributed by atoms with van der Waals surface area (Å²) in [6.45, 7) is 2.31. The van der Waals surface area contributed by atoms with Crippen molar-refractivity contribution in [3.8, 4) is 23.0 Å². The van der Waals surface area contributed by atoms with Crippen molar-refractivity contribution < 1.29 is 33.3 Å². The molecule has 0 aliphatic carbocycles. The lowest BCUT2D eigenvalue weighted by atomic mass is 10.2. The SMILES string of the molecule is CCOc1ccc(/C=C2\SC(=O)N(CCNC(=O)COc3ccccc3OC)C2=O)cc1OC. The Morgan fingerprint density at radius 2 is 1.71 bits per heavy atom. The number of carbonyl (C=O) groups is 3. The first-order valence-corrected chi connectivity index (χ1v) is 11.4. The second kappa shape index (κ2) is 12.0. The van der Waals surface area contributed by atoms with Crippen molar-refractivity contribution in [2.75, 3.05) is 40.5 Å². The highest BCUT2D eigenvalue weighted by molar-refractivity contribution is 8.18. The van der Waals surface area contributed by atoms with Gasteiger partial charge in [0, 0.05) is 13.1 Å². The number of nitrogens with one attached hydrogen (secondary N) is 1. The number of rotatable bonds is 11. The van der Waals surface area contributed by atoms with Crippen LogP contribution in [-0.4, -0.2) is 62.5 Å². The zero-order valence-electron chi connectivity index (χ0n) is 19.2. The summed E-state index contributed by atoms with van der Waals surface area (Å²) >= 11 is 0.850. The second-order valence-electron chi connectivity index (χ2n) is 6.97. The van der Waals surface area contributed by atoms with E-state index in [1.54, 1.807) is 48.5 Å². The average molecular weight is 487 g/mol. The van der Waals surface area contributed by atoms with Crippen LogP contribution in [0.2, 0.25) is 0 Å². The van der Waals surface area contributed by atoms with Gasteiger partial charge in [-0.15, -0.1) is 0 Å². The molecule has 0 radical (unpaired) electrons. The average Bonchev–Trinajstić information content (AvgIpc) is 3.11. The van der Waals surface area contributed by atoms with E-state index in [-0.39, 0.29) is 25.6 Å². The molecule has 1 aliphatic rings. The summed E-state index contributed by atoms with van der Waals surface area (Å²) in [5.41, 5.74) is 0.701. The van der Waals surface area contributed by atoms with Gasteiger partial charge in [-0.2, -0.15) is 0 Å². The lowest BCUT2D eigenvalue weighted by molar-refractivity contribution is -0.125. The van der Waals surface area contributed by atoms with Gasteiger partial charge in [-0.1, -0.05) is 18.2 Å². The maximum atomic E-state index is 12.7. The van der Waals surface area contributed by atoms with Crippen LogP contribution in [0.5, 0.6) is 23.0 Å². The first-order chi connectivity index (χ1) is 16.5. The minimum Gasteiger partial charge on any atom is -0.493 e. The van der Waals surface area contributed by atoms with Gasteiger partial charge in [0.2, 0.25) is 0 Å². The van der Waals surface area contributed by atoms with Gasteiger partial charge >= 0.3 is 0 Å². The molecule has 10 heteroatoms. The third-order valence-electron chi connectivity index (χ3n) is 4.74. The van der Waals surface area contributed by atoms with Crippen molar-refractivity contribution in [1.82, 2.24) is 10.2 Å². The fraction of sp³-hybridized carbons (Fsp3) is 0.292. The van der Waals surface area contributed by atoms with Crippen LogP contribution in [-0.2, 0) is 9.59 Å². The number of hydrogen-bond donors (Lipinski definition) is 1. The van der Waals surface area contributed by atoms with Crippen LogP contribution >= 0.6 is 11.8 Å². The number of amides is 3. The maximum Gasteiger partial charge on any atom is 0.293 e. The van der Waals surface area contributed by atoms with Crippen LogP contribution in [0.4, 0.5) is 4.79 Å². The van der Waals surface area contributed by atoms with Gasteiger partial charge in [0.15, 0.2) is 29.6 Å². The van der Waals surface area contributed by atoms with E-state index in [4.69, 9.17) is 18.9 Å². The molecule has 0 unspecified atom stereocenters. The lowest BCUT2D eigenvalue weighted by Crippen LogP contribution is -2.38. The molecule has 1 saturated heterocycles. The van der Waals surface area contributed by atoms with Gasteiger partial charge < -0.3 is 24.3 Å². The molecule has 1 heterocycles. The predicted molar refractivity (Wildman–Crippen MR) is 128 cm³/mol. The zero-order valence-corrected chi connectivity index (χ0v) is 20.0. The normalized spacial score (nSPS) is 14.3. The smallest absolute Gasteiger partial charge is 0.293 e. The summed E-state index contributed by atoms with van der Waals surface area (Å²) in [6, 6.07) is 12.3. The van der Waals surface area contributed by atoms with Crippen LogP contribution in [0.3, 0.4) is 0 Å². The van der Waals surface area contributed by atoms with Gasteiger partial charge in [-0.25, -0.2) is 0 Å². The standard InChI is InChI=1S/C24H26N2O7S/c1-4-32-19-10-9-16(13-20(19)31-3)14-21-23(28)26(24(29)34-21)12-11-25-22(27)15-33-18-8-6-5-7-17(18)30-2/h5-10,13-14H,4,11-12,15H2,1-3H3,(H,25,27)/b21-14-. The molecule has 2 aromatic rings. The molecule has 0 bridgehead atoms. The molecule has 1 N–H and O–H groups in total. The second-order valence-corrected chi connectivity index (χ2v) is 7.96. The largest absolute Gasteiger partial charge is 0.493 e. The molecule has 0 aromatic heterocycles. The minimum atomic E-state index is -0.414. The van der Waals surface area contributed by atoms with Crippen molar-refractivity contribution >= 4 is 34.9 Å². The fourth-order valence-electron chi connectivity index (χ4n) is 3.13. The van der Waals surface area contributed by atoms with Gasteiger partial charge in [0.1, 0.15) is 0 Å². The third-order valence-corrected chi connectivity index (χ3v) is 5.65.